The second kappa shape index (κ2) is 10.6. The van der Waals surface area contributed by atoms with Gasteiger partial charge in [-0.25, -0.2) is 4.98 Å². The molecule has 2 aromatic heterocycles. The summed E-state index contributed by atoms with van der Waals surface area (Å²) in [6, 6.07) is 11.0. The van der Waals surface area contributed by atoms with Gasteiger partial charge in [0, 0.05) is 30.8 Å². The van der Waals surface area contributed by atoms with Crippen LogP contribution in [0.2, 0.25) is 0 Å². The lowest BCUT2D eigenvalue weighted by Gasteiger charge is -2.24. The van der Waals surface area contributed by atoms with Crippen LogP contribution in [0.1, 0.15) is 18.4 Å². The Morgan fingerprint density at radius 3 is 2.52 bits per heavy atom. The van der Waals surface area contributed by atoms with Gasteiger partial charge >= 0.3 is 6.18 Å². The van der Waals surface area contributed by atoms with Crippen LogP contribution in [0.3, 0.4) is 0 Å². The lowest BCUT2D eigenvalue weighted by atomic mass is 9.98. The van der Waals surface area contributed by atoms with Gasteiger partial charge in [-0.1, -0.05) is 0 Å². The maximum atomic E-state index is 13.4. The van der Waals surface area contributed by atoms with Gasteiger partial charge in [0.15, 0.2) is 0 Å². The van der Waals surface area contributed by atoms with Crippen LogP contribution in [-0.4, -0.2) is 40.8 Å². The lowest BCUT2D eigenvalue weighted by molar-refractivity contribution is -0.137. The molecule has 0 aliphatic carbocycles. The Morgan fingerprint density at radius 1 is 1.09 bits per heavy atom. The number of anilines is 3. The van der Waals surface area contributed by atoms with Crippen LogP contribution in [-0.2, 0) is 12.7 Å². The Balaban J connectivity index is 1.38. The highest BCUT2D eigenvalue weighted by atomic mass is 19.4. The summed E-state index contributed by atoms with van der Waals surface area (Å²) in [5, 5.41) is 9.12. The van der Waals surface area contributed by atoms with E-state index in [1.807, 2.05) is 29.1 Å². The third-order valence-corrected chi connectivity index (χ3v) is 5.51. The first-order valence-electron chi connectivity index (χ1n) is 11.0. The first kappa shape index (κ1) is 22.9. The molecule has 0 unspecified atom stereocenters. The largest absolute Gasteiger partial charge is 0.492 e. The van der Waals surface area contributed by atoms with Gasteiger partial charge in [0.25, 0.3) is 0 Å². The Morgan fingerprint density at radius 2 is 1.82 bits per heavy atom. The third kappa shape index (κ3) is 6.61. The number of benzene rings is 1. The summed E-state index contributed by atoms with van der Waals surface area (Å²) < 4.78 is 48.1. The van der Waals surface area contributed by atoms with Crippen molar-refractivity contribution in [2.45, 2.75) is 25.6 Å². The van der Waals surface area contributed by atoms with Crippen molar-refractivity contribution in [1.29, 1.82) is 0 Å². The van der Waals surface area contributed by atoms with Crippen LogP contribution in [0.4, 0.5) is 30.6 Å². The summed E-state index contributed by atoms with van der Waals surface area (Å²) >= 11 is 0. The van der Waals surface area contributed by atoms with Gasteiger partial charge in [0.05, 0.1) is 6.54 Å². The number of ether oxygens (including phenoxy) is 1. The zero-order chi connectivity index (χ0) is 23.1. The van der Waals surface area contributed by atoms with Crippen LogP contribution in [0.25, 0.3) is 0 Å². The summed E-state index contributed by atoms with van der Waals surface area (Å²) in [5.74, 6) is 0.898. The SMILES string of the molecule is FC(F)(F)c1cnc(Nc2ccc(OCCn3cccc3)cc2)nc1NCC1CCNCC1. The first-order chi connectivity index (χ1) is 16.0. The molecule has 4 rings (SSSR count). The van der Waals surface area contributed by atoms with E-state index >= 15 is 0 Å². The fourth-order valence-electron chi connectivity index (χ4n) is 3.66. The molecule has 33 heavy (non-hydrogen) atoms. The second-order valence-electron chi connectivity index (χ2n) is 7.95. The van der Waals surface area contributed by atoms with E-state index in [0.29, 0.717) is 30.5 Å². The van der Waals surface area contributed by atoms with Gasteiger partial charge in [0.2, 0.25) is 5.95 Å². The van der Waals surface area contributed by atoms with E-state index in [-0.39, 0.29) is 11.8 Å². The average Bonchev–Trinajstić information content (AvgIpc) is 3.32. The molecule has 0 saturated carbocycles. The molecule has 0 atom stereocenters. The summed E-state index contributed by atoms with van der Waals surface area (Å²) in [4.78, 5) is 7.99. The molecule has 0 spiro atoms. The summed E-state index contributed by atoms with van der Waals surface area (Å²) in [6.07, 6.45) is 2.06. The fourth-order valence-corrected chi connectivity index (χ4v) is 3.66. The van der Waals surface area contributed by atoms with Crippen molar-refractivity contribution in [1.82, 2.24) is 19.9 Å². The van der Waals surface area contributed by atoms with E-state index < -0.39 is 11.7 Å². The van der Waals surface area contributed by atoms with E-state index in [0.717, 1.165) is 38.7 Å². The molecule has 1 aliphatic rings. The van der Waals surface area contributed by atoms with Gasteiger partial charge in [-0.3, -0.25) is 0 Å². The predicted molar refractivity (Wildman–Crippen MR) is 121 cm³/mol. The summed E-state index contributed by atoms with van der Waals surface area (Å²) in [6.45, 7) is 3.45. The minimum Gasteiger partial charge on any atom is -0.492 e. The molecular weight excluding hydrogens is 433 g/mol. The summed E-state index contributed by atoms with van der Waals surface area (Å²) in [5.41, 5.74) is -0.217. The van der Waals surface area contributed by atoms with E-state index in [2.05, 4.69) is 25.9 Å². The standard InChI is InChI=1S/C23H27F3N6O/c24-23(25,26)20-16-29-22(31-21(20)28-15-17-7-9-27-10-8-17)30-18-3-5-19(6-4-18)33-14-13-32-11-1-2-12-32/h1-6,11-12,16-17,27H,7-10,13-15H2,(H2,28,29,30,31). The molecule has 176 valence electrons. The van der Waals surface area contributed by atoms with Gasteiger partial charge in [0.1, 0.15) is 23.7 Å². The minimum atomic E-state index is -4.53. The molecular formula is C23H27F3N6O. The molecule has 0 amide bonds. The predicted octanol–water partition coefficient (Wildman–Crippen LogP) is 4.53. The molecule has 3 N–H and O–H groups in total. The number of halogens is 3. The molecule has 1 saturated heterocycles. The third-order valence-electron chi connectivity index (χ3n) is 5.51. The molecule has 3 heterocycles. The van der Waals surface area contributed by atoms with E-state index in [1.165, 1.54) is 0 Å². The Hall–Kier alpha value is -3.27. The maximum absolute atomic E-state index is 13.4. The molecule has 0 bridgehead atoms. The fraction of sp³-hybridized carbons (Fsp3) is 0.391. The molecule has 0 radical (unpaired) electrons. The van der Waals surface area contributed by atoms with Crippen LogP contribution in [0, 0.1) is 5.92 Å². The van der Waals surface area contributed by atoms with Crippen molar-refractivity contribution in [3.05, 3.63) is 60.6 Å². The number of rotatable bonds is 9. The van der Waals surface area contributed by atoms with E-state index in [4.69, 9.17) is 4.74 Å². The highest BCUT2D eigenvalue weighted by molar-refractivity contribution is 5.57. The molecule has 1 aromatic carbocycles. The minimum absolute atomic E-state index is 0.0945. The highest BCUT2D eigenvalue weighted by Crippen LogP contribution is 2.34. The first-order valence-corrected chi connectivity index (χ1v) is 11.0. The van der Waals surface area contributed by atoms with Crippen molar-refractivity contribution in [2.24, 2.45) is 5.92 Å². The monoisotopic (exact) mass is 460 g/mol. The van der Waals surface area contributed by atoms with E-state index in [1.54, 1.807) is 24.3 Å². The molecule has 1 aliphatic heterocycles. The van der Waals surface area contributed by atoms with Gasteiger partial charge in [-0.15, -0.1) is 0 Å². The van der Waals surface area contributed by atoms with Crippen molar-refractivity contribution in [3.8, 4) is 5.75 Å². The molecule has 10 heteroatoms. The number of nitrogens with one attached hydrogen (secondary N) is 3. The average molecular weight is 461 g/mol. The Kier molecular flexibility index (Phi) is 7.33. The van der Waals surface area contributed by atoms with Crippen LogP contribution < -0.4 is 20.7 Å². The number of hydrogen-bond acceptors (Lipinski definition) is 6. The number of alkyl halides is 3. The van der Waals surface area contributed by atoms with Crippen molar-refractivity contribution in [3.63, 3.8) is 0 Å². The normalized spacial score (nSPS) is 14.8. The lowest BCUT2D eigenvalue weighted by Crippen LogP contribution is -2.31. The second-order valence-corrected chi connectivity index (χ2v) is 7.95. The zero-order valence-corrected chi connectivity index (χ0v) is 18.1. The number of hydrogen-bond donors (Lipinski definition) is 3. The maximum Gasteiger partial charge on any atom is 0.421 e. The molecule has 7 nitrogen and oxygen atoms in total. The van der Waals surface area contributed by atoms with Crippen molar-refractivity contribution < 1.29 is 17.9 Å². The van der Waals surface area contributed by atoms with Gasteiger partial charge < -0.3 is 25.3 Å². The summed E-state index contributed by atoms with van der Waals surface area (Å²) in [7, 11) is 0. The zero-order valence-electron chi connectivity index (χ0n) is 18.1. The number of nitrogens with zero attached hydrogens (tertiary/aromatic N) is 3. The molecule has 3 aromatic rings. The quantitative estimate of drug-likeness (QED) is 0.436. The van der Waals surface area contributed by atoms with E-state index in [9.17, 15) is 13.2 Å². The molecule has 1 fully saturated rings. The van der Waals surface area contributed by atoms with Crippen LogP contribution >= 0.6 is 0 Å². The van der Waals surface area contributed by atoms with Crippen molar-refractivity contribution in [2.75, 3.05) is 36.9 Å². The smallest absolute Gasteiger partial charge is 0.421 e. The Labute approximate surface area is 190 Å². The van der Waals surface area contributed by atoms with Crippen LogP contribution in [0.15, 0.2) is 55.0 Å². The van der Waals surface area contributed by atoms with Crippen LogP contribution in [0.5, 0.6) is 5.75 Å². The number of piperidine rings is 1. The Bertz CT molecular complexity index is 1000. The number of aromatic nitrogens is 3. The highest BCUT2D eigenvalue weighted by Gasteiger charge is 2.35. The topological polar surface area (TPSA) is 76.0 Å². The van der Waals surface area contributed by atoms with Crippen molar-refractivity contribution >= 4 is 17.5 Å². The van der Waals surface area contributed by atoms with Gasteiger partial charge in [-0.05, 0) is 68.2 Å². The van der Waals surface area contributed by atoms with Gasteiger partial charge in [-0.2, -0.15) is 18.2 Å².